The first-order chi connectivity index (χ1) is 13.5. The molecule has 1 atom stereocenters. The maximum Gasteiger partial charge on any atom is 0.335 e. The lowest BCUT2D eigenvalue weighted by molar-refractivity contribution is -0.114. The van der Waals surface area contributed by atoms with E-state index in [0.717, 1.165) is 24.1 Å². The standard InChI is InChI=1S/C21H21N3O4/c25-19-11-22-17-7-6-14(10-18(17)23-19)20(26)24-8-2-5-16(12-24)13-3-1-4-15(9-13)21(27)28/h1,3-4,6-7,9-10,16,22H,2,5,8,11-12H2,(H,23,25)(H,27,28)/t16-/m1/s1. The second-order valence-electron chi connectivity index (χ2n) is 7.18. The Morgan fingerprint density at radius 2 is 1.93 bits per heavy atom. The highest BCUT2D eigenvalue weighted by atomic mass is 16.4. The number of piperidine rings is 1. The number of carbonyl (C=O) groups is 3. The van der Waals surface area contributed by atoms with Crippen LogP contribution in [0, 0.1) is 0 Å². The van der Waals surface area contributed by atoms with Gasteiger partial charge in [-0.1, -0.05) is 12.1 Å². The van der Waals surface area contributed by atoms with Gasteiger partial charge >= 0.3 is 5.97 Å². The molecular weight excluding hydrogens is 358 g/mol. The molecule has 2 amide bonds. The summed E-state index contributed by atoms with van der Waals surface area (Å²) < 4.78 is 0. The highest BCUT2D eigenvalue weighted by Gasteiger charge is 2.27. The predicted molar refractivity (Wildman–Crippen MR) is 105 cm³/mol. The number of aromatic carboxylic acids is 1. The van der Waals surface area contributed by atoms with Crippen LogP contribution in [0.2, 0.25) is 0 Å². The lowest BCUT2D eigenvalue weighted by Crippen LogP contribution is -2.39. The molecule has 2 aliphatic heterocycles. The monoisotopic (exact) mass is 379 g/mol. The smallest absolute Gasteiger partial charge is 0.335 e. The molecule has 0 radical (unpaired) electrons. The van der Waals surface area contributed by atoms with Crippen molar-refractivity contribution in [3.05, 3.63) is 59.2 Å². The highest BCUT2D eigenvalue weighted by molar-refractivity contribution is 6.03. The molecular formula is C21H21N3O4. The number of hydrogen-bond acceptors (Lipinski definition) is 4. The van der Waals surface area contributed by atoms with Gasteiger partial charge in [-0.3, -0.25) is 9.59 Å². The van der Waals surface area contributed by atoms with Crippen LogP contribution in [-0.4, -0.2) is 47.4 Å². The van der Waals surface area contributed by atoms with Gasteiger partial charge in [-0.25, -0.2) is 4.79 Å². The zero-order chi connectivity index (χ0) is 19.7. The molecule has 0 unspecified atom stereocenters. The van der Waals surface area contributed by atoms with E-state index in [-0.39, 0.29) is 29.8 Å². The van der Waals surface area contributed by atoms with E-state index in [1.807, 2.05) is 6.07 Å². The van der Waals surface area contributed by atoms with Gasteiger partial charge in [-0.15, -0.1) is 0 Å². The fourth-order valence-corrected chi connectivity index (χ4v) is 3.85. The fraction of sp³-hybridized carbons (Fsp3) is 0.286. The molecule has 0 bridgehead atoms. The Labute approximate surface area is 162 Å². The molecule has 2 aromatic carbocycles. The highest BCUT2D eigenvalue weighted by Crippen LogP contribution is 2.30. The Balaban J connectivity index is 1.52. The SMILES string of the molecule is O=C1CNc2ccc(C(=O)N3CCC[C@@H](c4cccc(C(=O)O)c4)C3)cc2N1. The van der Waals surface area contributed by atoms with Crippen molar-refractivity contribution >= 4 is 29.2 Å². The number of benzene rings is 2. The summed E-state index contributed by atoms with van der Waals surface area (Å²) in [7, 11) is 0. The van der Waals surface area contributed by atoms with Crippen molar-refractivity contribution in [3.63, 3.8) is 0 Å². The van der Waals surface area contributed by atoms with E-state index in [0.29, 0.717) is 24.3 Å². The summed E-state index contributed by atoms with van der Waals surface area (Å²) in [6.07, 6.45) is 1.77. The van der Waals surface area contributed by atoms with Crippen molar-refractivity contribution < 1.29 is 19.5 Å². The van der Waals surface area contributed by atoms with Crippen LogP contribution in [0.1, 0.15) is 45.0 Å². The summed E-state index contributed by atoms with van der Waals surface area (Å²) in [5.41, 5.74) is 3.16. The van der Waals surface area contributed by atoms with Gasteiger partial charge in [-0.05, 0) is 48.7 Å². The first-order valence-electron chi connectivity index (χ1n) is 9.31. The van der Waals surface area contributed by atoms with E-state index in [4.69, 9.17) is 0 Å². The number of nitrogens with one attached hydrogen (secondary N) is 2. The van der Waals surface area contributed by atoms with E-state index < -0.39 is 5.97 Å². The van der Waals surface area contributed by atoms with Crippen LogP contribution in [0.5, 0.6) is 0 Å². The summed E-state index contributed by atoms with van der Waals surface area (Å²) in [5.74, 6) is -1.05. The second kappa shape index (κ2) is 7.34. The van der Waals surface area contributed by atoms with Crippen molar-refractivity contribution in [1.82, 2.24) is 4.90 Å². The number of rotatable bonds is 3. The molecule has 4 rings (SSSR count). The molecule has 7 heteroatoms. The van der Waals surface area contributed by atoms with Gasteiger partial charge in [-0.2, -0.15) is 0 Å². The normalized spacial score (nSPS) is 18.6. The second-order valence-corrected chi connectivity index (χ2v) is 7.18. The molecule has 2 aliphatic rings. The number of hydrogen-bond donors (Lipinski definition) is 3. The molecule has 1 fully saturated rings. The number of carboxylic acids is 1. The molecule has 144 valence electrons. The van der Waals surface area contributed by atoms with Crippen molar-refractivity contribution in [2.75, 3.05) is 30.3 Å². The summed E-state index contributed by atoms with van der Waals surface area (Å²) >= 11 is 0. The number of amides is 2. The van der Waals surface area contributed by atoms with Gasteiger partial charge < -0.3 is 20.6 Å². The summed E-state index contributed by atoms with van der Waals surface area (Å²) in [6, 6.07) is 12.2. The Hall–Kier alpha value is -3.35. The van der Waals surface area contributed by atoms with Gasteiger partial charge in [0.1, 0.15) is 0 Å². The van der Waals surface area contributed by atoms with Crippen LogP contribution in [0.25, 0.3) is 0 Å². The number of anilines is 2. The first-order valence-corrected chi connectivity index (χ1v) is 9.31. The van der Waals surface area contributed by atoms with Gasteiger partial charge in [0.2, 0.25) is 5.91 Å². The van der Waals surface area contributed by atoms with Gasteiger partial charge in [0.15, 0.2) is 0 Å². The molecule has 2 aromatic rings. The van der Waals surface area contributed by atoms with Crippen LogP contribution in [-0.2, 0) is 4.79 Å². The first kappa shape index (κ1) is 18.0. The van der Waals surface area contributed by atoms with Crippen LogP contribution >= 0.6 is 0 Å². The third kappa shape index (κ3) is 3.55. The van der Waals surface area contributed by atoms with Crippen molar-refractivity contribution in [1.29, 1.82) is 0 Å². The Morgan fingerprint density at radius 3 is 2.75 bits per heavy atom. The molecule has 3 N–H and O–H groups in total. The molecule has 0 aromatic heterocycles. The van der Waals surface area contributed by atoms with Crippen LogP contribution in [0.4, 0.5) is 11.4 Å². The lowest BCUT2D eigenvalue weighted by atomic mass is 9.89. The third-order valence-corrected chi connectivity index (χ3v) is 5.29. The topological polar surface area (TPSA) is 98.7 Å². The van der Waals surface area contributed by atoms with E-state index >= 15 is 0 Å². The van der Waals surface area contributed by atoms with E-state index in [2.05, 4.69) is 10.6 Å². The molecule has 0 aliphatic carbocycles. The van der Waals surface area contributed by atoms with Gasteiger partial charge in [0.25, 0.3) is 5.91 Å². The molecule has 0 saturated carbocycles. The van der Waals surface area contributed by atoms with Crippen molar-refractivity contribution in [2.45, 2.75) is 18.8 Å². The van der Waals surface area contributed by atoms with Crippen LogP contribution in [0.15, 0.2) is 42.5 Å². The quantitative estimate of drug-likeness (QED) is 0.762. The van der Waals surface area contributed by atoms with Crippen LogP contribution in [0.3, 0.4) is 0 Å². The number of nitrogens with zero attached hydrogens (tertiary/aromatic N) is 1. The average molecular weight is 379 g/mol. The van der Waals surface area contributed by atoms with E-state index in [1.165, 1.54) is 0 Å². The van der Waals surface area contributed by atoms with Gasteiger partial charge in [0.05, 0.1) is 23.5 Å². The summed E-state index contributed by atoms with van der Waals surface area (Å²) in [5, 5.41) is 15.0. The molecule has 7 nitrogen and oxygen atoms in total. The van der Waals surface area contributed by atoms with E-state index in [1.54, 1.807) is 41.3 Å². The Kier molecular flexibility index (Phi) is 4.73. The third-order valence-electron chi connectivity index (χ3n) is 5.29. The zero-order valence-corrected chi connectivity index (χ0v) is 15.3. The number of fused-ring (bicyclic) bond motifs is 1. The summed E-state index contributed by atoms with van der Waals surface area (Å²) in [4.78, 5) is 37.6. The fourth-order valence-electron chi connectivity index (χ4n) is 3.85. The largest absolute Gasteiger partial charge is 0.478 e. The van der Waals surface area contributed by atoms with E-state index in [9.17, 15) is 19.5 Å². The van der Waals surface area contributed by atoms with Gasteiger partial charge in [0, 0.05) is 24.6 Å². The minimum absolute atomic E-state index is 0.0817. The van der Waals surface area contributed by atoms with Crippen molar-refractivity contribution in [2.24, 2.45) is 0 Å². The summed E-state index contributed by atoms with van der Waals surface area (Å²) in [6.45, 7) is 1.43. The number of likely N-dealkylation sites (tertiary alicyclic amines) is 1. The molecule has 1 saturated heterocycles. The lowest BCUT2D eigenvalue weighted by Gasteiger charge is -2.33. The Bertz CT molecular complexity index is 956. The number of carbonyl (C=O) groups excluding carboxylic acids is 2. The zero-order valence-electron chi connectivity index (χ0n) is 15.3. The van der Waals surface area contributed by atoms with Crippen LogP contribution < -0.4 is 10.6 Å². The number of carboxylic acid groups (broad SMARTS) is 1. The van der Waals surface area contributed by atoms with Crippen molar-refractivity contribution in [3.8, 4) is 0 Å². The Morgan fingerprint density at radius 1 is 1.07 bits per heavy atom. The maximum absolute atomic E-state index is 13.0. The minimum atomic E-state index is -0.949. The maximum atomic E-state index is 13.0. The molecule has 0 spiro atoms. The average Bonchev–Trinajstić information content (AvgIpc) is 2.73. The molecule has 28 heavy (non-hydrogen) atoms. The minimum Gasteiger partial charge on any atom is -0.478 e. The molecule has 2 heterocycles. The predicted octanol–water partition coefficient (Wildman–Crippen LogP) is 2.77.